The van der Waals surface area contributed by atoms with E-state index < -0.39 is 46.1 Å². The van der Waals surface area contributed by atoms with E-state index in [-0.39, 0.29) is 39.9 Å². The van der Waals surface area contributed by atoms with Crippen LogP contribution in [0.5, 0.6) is 0 Å². The maximum atomic E-state index is 10.9. The number of carboxylic acids is 4. The van der Waals surface area contributed by atoms with E-state index >= 15 is 0 Å². The van der Waals surface area contributed by atoms with Crippen molar-refractivity contribution in [1.29, 1.82) is 0 Å². The molecule has 0 fully saturated rings. The van der Waals surface area contributed by atoms with Gasteiger partial charge in [0.2, 0.25) is 0 Å². The first-order chi connectivity index (χ1) is 8.27. The molecule has 9 heteroatoms. The van der Waals surface area contributed by atoms with Crippen LogP contribution in [0.15, 0.2) is 12.1 Å². The third kappa shape index (κ3) is 3.46. The quantitative estimate of drug-likeness (QED) is 0.559. The molecule has 19 heavy (non-hydrogen) atoms. The van der Waals surface area contributed by atoms with Crippen LogP contribution in [0.25, 0.3) is 0 Å². The van der Waals surface area contributed by atoms with Gasteiger partial charge in [0, 0.05) is 39.9 Å². The number of aromatic carboxylic acids is 4. The predicted molar refractivity (Wildman–Crippen MR) is 54.3 cm³/mol. The zero-order valence-electron chi connectivity index (χ0n) is 8.93. The molecule has 0 aliphatic carbocycles. The number of carbonyl (C=O) groups is 4. The molecule has 0 spiro atoms. The van der Waals surface area contributed by atoms with E-state index in [9.17, 15) is 19.2 Å². The first-order valence-electron chi connectivity index (χ1n) is 4.37. The Kier molecular flexibility index (Phi) is 6.01. The normalized spacial score (nSPS) is 9.26. The fourth-order valence-electron chi connectivity index (χ4n) is 1.40. The van der Waals surface area contributed by atoms with Gasteiger partial charge in [0.1, 0.15) is 0 Å². The second-order valence-corrected chi connectivity index (χ2v) is 3.13. The fraction of sp³-hybridized carbons (Fsp3) is 0. The average Bonchev–Trinajstić information content (AvgIpc) is 2.26. The van der Waals surface area contributed by atoms with Crippen LogP contribution < -0.4 is 0 Å². The number of hydrogen-bond donors (Lipinski definition) is 4. The van der Waals surface area contributed by atoms with Crippen LogP contribution in [0.3, 0.4) is 0 Å². The second-order valence-electron chi connectivity index (χ2n) is 3.13. The molecule has 0 atom stereocenters. The molecule has 1 aromatic rings. The van der Waals surface area contributed by atoms with Crippen molar-refractivity contribution in [1.82, 2.24) is 0 Å². The minimum atomic E-state index is -1.83. The third-order valence-electron chi connectivity index (χ3n) is 2.09. The molecule has 0 amide bonds. The molecule has 0 radical (unpaired) electrons. The largest absolute Gasteiger partial charge is 0.478 e. The van der Waals surface area contributed by atoms with Gasteiger partial charge >= 0.3 is 23.9 Å². The standard InChI is InChI=1S/C10H6O8.Gd/c11-7(12)3-1-2-4(8(13)14)6(10(17)18)5(3)9(15)16;/h1-2H,(H,11,12)(H,13,14)(H,15,16)(H,17,18);. The SMILES string of the molecule is O=C(O)c1ccc(C(=O)O)c(C(=O)O)c1C(=O)O.[Gd]. The number of benzene rings is 1. The first-order valence-corrected chi connectivity index (χ1v) is 4.37. The van der Waals surface area contributed by atoms with Gasteiger partial charge in [0.15, 0.2) is 0 Å². The van der Waals surface area contributed by atoms with Crippen molar-refractivity contribution in [2.24, 2.45) is 0 Å². The van der Waals surface area contributed by atoms with Crippen LogP contribution in [-0.4, -0.2) is 44.3 Å². The molecule has 0 heterocycles. The first kappa shape index (κ1) is 17.4. The number of hydrogen-bond acceptors (Lipinski definition) is 4. The van der Waals surface area contributed by atoms with E-state index in [1.54, 1.807) is 0 Å². The Hall–Kier alpha value is -1.58. The molecule has 1 aromatic carbocycles. The van der Waals surface area contributed by atoms with E-state index in [1.165, 1.54) is 0 Å². The topological polar surface area (TPSA) is 149 Å². The Bertz CT molecular complexity index is 526. The van der Waals surface area contributed by atoms with Crippen LogP contribution in [-0.2, 0) is 0 Å². The van der Waals surface area contributed by atoms with Gasteiger partial charge < -0.3 is 20.4 Å². The third-order valence-corrected chi connectivity index (χ3v) is 2.09. The molecule has 102 valence electrons. The molecular formula is C10H6GdO8. The van der Waals surface area contributed by atoms with Crippen molar-refractivity contribution in [3.63, 3.8) is 0 Å². The van der Waals surface area contributed by atoms with Gasteiger partial charge in [0.25, 0.3) is 0 Å². The van der Waals surface area contributed by atoms with Crippen molar-refractivity contribution in [2.75, 3.05) is 0 Å². The molecule has 0 saturated heterocycles. The van der Waals surface area contributed by atoms with Crippen LogP contribution >= 0.6 is 0 Å². The van der Waals surface area contributed by atoms with E-state index in [2.05, 4.69) is 0 Å². The average molecular weight is 411 g/mol. The van der Waals surface area contributed by atoms with Crippen molar-refractivity contribution in [2.45, 2.75) is 0 Å². The fourth-order valence-corrected chi connectivity index (χ4v) is 1.40. The van der Waals surface area contributed by atoms with Crippen molar-refractivity contribution in [3.8, 4) is 0 Å². The maximum Gasteiger partial charge on any atom is 0.337 e. The summed E-state index contributed by atoms with van der Waals surface area (Å²) >= 11 is 0. The Balaban J connectivity index is 0.00000324. The van der Waals surface area contributed by atoms with Crippen LogP contribution in [0.4, 0.5) is 0 Å². The summed E-state index contributed by atoms with van der Waals surface area (Å²) in [6.07, 6.45) is 0. The van der Waals surface area contributed by atoms with E-state index in [4.69, 9.17) is 20.4 Å². The minimum Gasteiger partial charge on any atom is -0.478 e. The summed E-state index contributed by atoms with van der Waals surface area (Å²) in [4.78, 5) is 43.4. The summed E-state index contributed by atoms with van der Waals surface area (Å²) in [5.41, 5.74) is -3.69. The van der Waals surface area contributed by atoms with E-state index in [1.807, 2.05) is 0 Å². The zero-order chi connectivity index (χ0) is 14.0. The van der Waals surface area contributed by atoms with E-state index in [0.717, 1.165) is 12.1 Å². The van der Waals surface area contributed by atoms with Gasteiger partial charge in [-0.3, -0.25) is 0 Å². The van der Waals surface area contributed by atoms with Crippen molar-refractivity contribution in [3.05, 3.63) is 34.4 Å². The Morgan fingerprint density at radius 2 is 0.895 bits per heavy atom. The zero-order valence-corrected chi connectivity index (χ0v) is 11.2. The van der Waals surface area contributed by atoms with Gasteiger partial charge in [-0.2, -0.15) is 0 Å². The van der Waals surface area contributed by atoms with Crippen LogP contribution in [0, 0.1) is 39.9 Å². The van der Waals surface area contributed by atoms with Gasteiger partial charge in [-0.25, -0.2) is 19.2 Å². The van der Waals surface area contributed by atoms with Gasteiger partial charge in [-0.05, 0) is 12.1 Å². The smallest absolute Gasteiger partial charge is 0.337 e. The molecule has 0 saturated carbocycles. The monoisotopic (exact) mass is 412 g/mol. The summed E-state index contributed by atoms with van der Waals surface area (Å²) in [5, 5.41) is 35.2. The Morgan fingerprint density at radius 1 is 0.632 bits per heavy atom. The molecule has 0 aliphatic rings. The summed E-state index contributed by atoms with van der Waals surface area (Å²) < 4.78 is 0. The summed E-state index contributed by atoms with van der Waals surface area (Å²) in [5.74, 6) is -6.97. The second kappa shape index (κ2) is 6.55. The van der Waals surface area contributed by atoms with Gasteiger partial charge in [-0.15, -0.1) is 0 Å². The number of rotatable bonds is 4. The molecule has 0 aromatic heterocycles. The maximum absolute atomic E-state index is 10.9. The van der Waals surface area contributed by atoms with Crippen LogP contribution in [0.2, 0.25) is 0 Å². The molecule has 0 unspecified atom stereocenters. The molecule has 1 rings (SSSR count). The summed E-state index contributed by atoms with van der Waals surface area (Å²) in [6, 6.07) is 1.48. The van der Waals surface area contributed by atoms with E-state index in [0.29, 0.717) is 0 Å². The molecule has 0 bridgehead atoms. The Morgan fingerprint density at radius 3 is 1.05 bits per heavy atom. The van der Waals surface area contributed by atoms with Crippen LogP contribution in [0.1, 0.15) is 41.4 Å². The summed E-state index contributed by atoms with van der Waals surface area (Å²) in [7, 11) is 0. The molecular weight excluding hydrogens is 405 g/mol. The number of carboxylic acid groups (broad SMARTS) is 4. The predicted octanol–water partition coefficient (Wildman–Crippen LogP) is 0.479. The van der Waals surface area contributed by atoms with Gasteiger partial charge in [-0.1, -0.05) is 0 Å². The minimum absolute atomic E-state index is 0. The summed E-state index contributed by atoms with van der Waals surface area (Å²) in [6.45, 7) is 0. The van der Waals surface area contributed by atoms with Crippen molar-refractivity contribution >= 4 is 23.9 Å². The Labute approximate surface area is 137 Å². The molecule has 4 N–H and O–H groups in total. The molecule has 0 aliphatic heterocycles. The van der Waals surface area contributed by atoms with Crippen molar-refractivity contribution < 1.29 is 79.5 Å². The van der Waals surface area contributed by atoms with Gasteiger partial charge in [0.05, 0.1) is 22.3 Å². The molecule has 8 nitrogen and oxygen atoms in total.